The molecule has 25 heavy (non-hydrogen) atoms. The van der Waals surface area contributed by atoms with E-state index in [1.807, 2.05) is 0 Å². The van der Waals surface area contributed by atoms with Gasteiger partial charge in [-0.2, -0.15) is 0 Å². The van der Waals surface area contributed by atoms with E-state index in [-0.39, 0.29) is 11.7 Å². The molecule has 3 rings (SSSR count). The van der Waals surface area contributed by atoms with E-state index in [2.05, 4.69) is 20.2 Å². The van der Waals surface area contributed by atoms with Gasteiger partial charge in [-0.15, -0.1) is 0 Å². The Kier molecular flexibility index (Phi) is 5.42. The molecule has 2 aromatic rings. The largest absolute Gasteiger partial charge is 0.494 e. The lowest BCUT2D eigenvalue weighted by Gasteiger charge is -2.32. The maximum absolute atomic E-state index is 13.7. The fraction of sp³-hybridized carbons (Fsp3) is 0.389. The molecule has 2 heterocycles. The summed E-state index contributed by atoms with van der Waals surface area (Å²) in [5.74, 6) is 0.622. The average molecular weight is 344 g/mol. The molecule has 7 heteroatoms. The molecule has 1 amide bonds. The number of hydrogen-bond donors (Lipinski definition) is 1. The van der Waals surface area contributed by atoms with Crippen LogP contribution in [-0.4, -0.2) is 42.6 Å². The van der Waals surface area contributed by atoms with Crippen LogP contribution in [0, 0.1) is 11.7 Å². The first-order valence-corrected chi connectivity index (χ1v) is 8.30. The van der Waals surface area contributed by atoms with Gasteiger partial charge in [0.05, 0.1) is 13.3 Å². The number of nitrogens with one attached hydrogen (secondary N) is 1. The Balaban J connectivity index is 1.48. The van der Waals surface area contributed by atoms with Crippen LogP contribution in [0.5, 0.6) is 5.75 Å². The summed E-state index contributed by atoms with van der Waals surface area (Å²) < 4.78 is 18.5. The van der Waals surface area contributed by atoms with E-state index in [1.54, 1.807) is 24.7 Å². The zero-order chi connectivity index (χ0) is 17.6. The second-order valence-electron chi connectivity index (χ2n) is 6.05. The van der Waals surface area contributed by atoms with Crippen molar-refractivity contribution in [3.8, 4) is 5.75 Å². The minimum atomic E-state index is -0.535. The summed E-state index contributed by atoms with van der Waals surface area (Å²) in [6, 6.07) is 4.22. The SMILES string of the molecule is COc1ccc(C(=O)NCC2CCN(c3cnccn3)CC2)cc1F. The number of aromatic nitrogens is 2. The van der Waals surface area contributed by atoms with Gasteiger partial charge < -0.3 is 15.0 Å². The second kappa shape index (κ2) is 7.92. The van der Waals surface area contributed by atoms with E-state index < -0.39 is 5.82 Å². The van der Waals surface area contributed by atoms with Gasteiger partial charge in [0.15, 0.2) is 11.6 Å². The fourth-order valence-electron chi connectivity index (χ4n) is 2.97. The molecule has 0 aliphatic carbocycles. The normalized spacial score (nSPS) is 15.0. The van der Waals surface area contributed by atoms with Gasteiger partial charge in [-0.1, -0.05) is 0 Å². The van der Waals surface area contributed by atoms with Crippen LogP contribution in [-0.2, 0) is 0 Å². The van der Waals surface area contributed by atoms with Crippen LogP contribution < -0.4 is 15.0 Å². The molecule has 1 aromatic heterocycles. The molecule has 0 unspecified atom stereocenters. The molecule has 132 valence electrons. The van der Waals surface area contributed by atoms with Crippen LogP contribution in [0.2, 0.25) is 0 Å². The molecule has 0 radical (unpaired) electrons. The van der Waals surface area contributed by atoms with Gasteiger partial charge in [-0.3, -0.25) is 9.78 Å². The predicted molar refractivity (Wildman–Crippen MR) is 92.3 cm³/mol. The molecule has 1 fully saturated rings. The Morgan fingerprint density at radius 3 is 2.80 bits per heavy atom. The molecule has 0 bridgehead atoms. The number of nitrogens with zero attached hydrogens (tertiary/aromatic N) is 3. The van der Waals surface area contributed by atoms with Crippen LogP contribution in [0.25, 0.3) is 0 Å². The first-order valence-electron chi connectivity index (χ1n) is 8.30. The average Bonchev–Trinajstić information content (AvgIpc) is 2.67. The van der Waals surface area contributed by atoms with Crippen molar-refractivity contribution in [2.45, 2.75) is 12.8 Å². The number of ether oxygens (including phenoxy) is 1. The third kappa shape index (κ3) is 4.23. The molecule has 0 spiro atoms. The summed E-state index contributed by atoms with van der Waals surface area (Å²) >= 11 is 0. The number of piperidine rings is 1. The monoisotopic (exact) mass is 344 g/mol. The van der Waals surface area contributed by atoms with Crippen molar-refractivity contribution in [2.24, 2.45) is 5.92 Å². The van der Waals surface area contributed by atoms with Crippen molar-refractivity contribution >= 4 is 11.7 Å². The number of methoxy groups -OCH3 is 1. The minimum Gasteiger partial charge on any atom is -0.494 e. The number of anilines is 1. The van der Waals surface area contributed by atoms with Gasteiger partial charge in [0.2, 0.25) is 0 Å². The van der Waals surface area contributed by atoms with Crippen molar-refractivity contribution in [3.63, 3.8) is 0 Å². The standard InChI is InChI=1S/C18H21FN4O2/c1-25-16-3-2-14(10-15(16)19)18(24)22-11-13-4-8-23(9-5-13)17-12-20-6-7-21-17/h2-3,6-7,10,12-13H,4-5,8-9,11H2,1H3,(H,22,24). The van der Waals surface area contributed by atoms with Crippen molar-refractivity contribution in [1.29, 1.82) is 0 Å². The maximum Gasteiger partial charge on any atom is 0.251 e. The summed E-state index contributed by atoms with van der Waals surface area (Å²) in [4.78, 5) is 22.8. The van der Waals surface area contributed by atoms with E-state index in [0.717, 1.165) is 31.7 Å². The van der Waals surface area contributed by atoms with Gasteiger partial charge in [-0.25, -0.2) is 9.37 Å². The predicted octanol–water partition coefficient (Wildman–Crippen LogP) is 2.27. The Hall–Kier alpha value is -2.70. The highest BCUT2D eigenvalue weighted by molar-refractivity contribution is 5.94. The third-order valence-corrected chi connectivity index (χ3v) is 4.45. The Morgan fingerprint density at radius 2 is 2.16 bits per heavy atom. The van der Waals surface area contributed by atoms with Crippen LogP contribution in [0.15, 0.2) is 36.8 Å². The fourth-order valence-corrected chi connectivity index (χ4v) is 2.97. The molecule has 0 saturated carbocycles. The van der Waals surface area contributed by atoms with Gasteiger partial charge >= 0.3 is 0 Å². The Morgan fingerprint density at radius 1 is 1.36 bits per heavy atom. The van der Waals surface area contributed by atoms with Gasteiger partial charge in [-0.05, 0) is 37.0 Å². The topological polar surface area (TPSA) is 67.3 Å². The van der Waals surface area contributed by atoms with E-state index in [0.29, 0.717) is 18.0 Å². The van der Waals surface area contributed by atoms with Gasteiger partial charge in [0.25, 0.3) is 5.91 Å². The number of benzene rings is 1. The summed E-state index contributed by atoms with van der Waals surface area (Å²) in [5.41, 5.74) is 0.301. The van der Waals surface area contributed by atoms with Crippen LogP contribution in [0.4, 0.5) is 10.2 Å². The highest BCUT2D eigenvalue weighted by Crippen LogP contribution is 2.21. The number of carbonyl (C=O) groups is 1. The Bertz CT molecular complexity index is 718. The summed E-state index contributed by atoms with van der Waals surface area (Å²) in [6.45, 7) is 2.35. The quantitative estimate of drug-likeness (QED) is 0.901. The summed E-state index contributed by atoms with van der Waals surface area (Å²) in [6.07, 6.45) is 7.05. The number of rotatable bonds is 5. The van der Waals surface area contributed by atoms with Gasteiger partial charge in [0, 0.05) is 37.6 Å². The molecule has 1 N–H and O–H groups in total. The van der Waals surface area contributed by atoms with Crippen LogP contribution in [0.3, 0.4) is 0 Å². The molecule has 1 saturated heterocycles. The molecule has 0 atom stereocenters. The lowest BCUT2D eigenvalue weighted by Crippen LogP contribution is -2.39. The molecule has 1 aliphatic heterocycles. The van der Waals surface area contributed by atoms with Gasteiger partial charge in [0.1, 0.15) is 5.82 Å². The van der Waals surface area contributed by atoms with Crippen LogP contribution >= 0.6 is 0 Å². The number of hydrogen-bond acceptors (Lipinski definition) is 5. The highest BCUT2D eigenvalue weighted by atomic mass is 19.1. The highest BCUT2D eigenvalue weighted by Gasteiger charge is 2.21. The maximum atomic E-state index is 13.7. The van der Waals surface area contributed by atoms with Crippen molar-refractivity contribution in [2.75, 3.05) is 31.6 Å². The number of halogens is 1. The summed E-state index contributed by atoms with van der Waals surface area (Å²) in [7, 11) is 1.39. The first kappa shape index (κ1) is 17.1. The minimum absolute atomic E-state index is 0.132. The molecular formula is C18H21FN4O2. The van der Waals surface area contributed by atoms with Crippen LogP contribution in [0.1, 0.15) is 23.2 Å². The van der Waals surface area contributed by atoms with Crippen molar-refractivity contribution in [1.82, 2.24) is 15.3 Å². The smallest absolute Gasteiger partial charge is 0.251 e. The second-order valence-corrected chi connectivity index (χ2v) is 6.05. The third-order valence-electron chi connectivity index (χ3n) is 4.45. The number of carbonyl (C=O) groups excluding carboxylic acids is 1. The van der Waals surface area contributed by atoms with E-state index in [4.69, 9.17) is 4.74 Å². The van der Waals surface area contributed by atoms with Crippen molar-refractivity contribution in [3.05, 3.63) is 48.2 Å². The molecular weight excluding hydrogens is 323 g/mol. The first-order chi connectivity index (χ1) is 12.2. The summed E-state index contributed by atoms with van der Waals surface area (Å²) in [5, 5.41) is 2.90. The van der Waals surface area contributed by atoms with E-state index in [1.165, 1.54) is 19.2 Å². The van der Waals surface area contributed by atoms with Crippen molar-refractivity contribution < 1.29 is 13.9 Å². The number of amides is 1. The zero-order valence-electron chi connectivity index (χ0n) is 14.1. The molecule has 1 aromatic carbocycles. The van der Waals surface area contributed by atoms with E-state index >= 15 is 0 Å². The molecule has 6 nitrogen and oxygen atoms in total. The molecule has 1 aliphatic rings. The lowest BCUT2D eigenvalue weighted by molar-refractivity contribution is 0.0944. The van der Waals surface area contributed by atoms with E-state index in [9.17, 15) is 9.18 Å². The Labute approximate surface area is 146 Å². The zero-order valence-corrected chi connectivity index (χ0v) is 14.1. The lowest BCUT2D eigenvalue weighted by atomic mass is 9.96.